The molecule has 0 amide bonds. The molecule has 0 heterocycles. The predicted octanol–water partition coefficient (Wildman–Crippen LogP) is 7.54. The minimum Gasteiger partial charge on any atom is -0.0843 e. The molecule has 0 aliphatic carbocycles. The molecule has 0 unspecified atom stereocenters. The van der Waals surface area contributed by atoms with E-state index in [2.05, 4.69) is 103 Å². The van der Waals surface area contributed by atoms with Gasteiger partial charge >= 0.3 is 0 Å². The summed E-state index contributed by atoms with van der Waals surface area (Å²) in [5.74, 6) is 0. The average molecular weight is 381 g/mol. The van der Waals surface area contributed by atoms with Gasteiger partial charge in [-0.05, 0) is 52.0 Å². The SMILES string of the molecule is Clc1ccc(C(=C(Cc2ccccc2)c2ccccc2)c2ccccc2)cc1. The van der Waals surface area contributed by atoms with Gasteiger partial charge in [0.2, 0.25) is 0 Å². The van der Waals surface area contributed by atoms with Crippen LogP contribution in [0.1, 0.15) is 22.3 Å². The van der Waals surface area contributed by atoms with E-state index in [1.165, 1.54) is 33.4 Å². The van der Waals surface area contributed by atoms with Gasteiger partial charge in [0.05, 0.1) is 0 Å². The largest absolute Gasteiger partial charge is 0.0843 e. The molecule has 0 bridgehead atoms. The molecule has 0 N–H and O–H groups in total. The van der Waals surface area contributed by atoms with E-state index in [9.17, 15) is 0 Å². The van der Waals surface area contributed by atoms with Crippen molar-refractivity contribution in [3.63, 3.8) is 0 Å². The Bertz CT molecular complexity index is 1050. The zero-order valence-electron chi connectivity index (χ0n) is 15.6. The van der Waals surface area contributed by atoms with Gasteiger partial charge in [-0.15, -0.1) is 0 Å². The lowest BCUT2D eigenvalue weighted by Crippen LogP contribution is -1.99. The van der Waals surface area contributed by atoms with Crippen molar-refractivity contribution in [3.05, 3.63) is 143 Å². The third-order valence-corrected chi connectivity index (χ3v) is 5.10. The Hall–Kier alpha value is -3.09. The topological polar surface area (TPSA) is 0 Å². The van der Waals surface area contributed by atoms with Gasteiger partial charge in [0.1, 0.15) is 0 Å². The minimum absolute atomic E-state index is 0.750. The molecule has 4 aromatic carbocycles. The van der Waals surface area contributed by atoms with Crippen molar-refractivity contribution in [2.24, 2.45) is 0 Å². The smallest absolute Gasteiger partial charge is 0.0406 e. The summed E-state index contributed by atoms with van der Waals surface area (Å²) in [5.41, 5.74) is 7.46. The number of halogens is 1. The Labute approximate surface area is 171 Å². The highest BCUT2D eigenvalue weighted by atomic mass is 35.5. The van der Waals surface area contributed by atoms with Crippen LogP contribution in [0.4, 0.5) is 0 Å². The fourth-order valence-corrected chi connectivity index (χ4v) is 3.64. The second-order valence-corrected chi connectivity index (χ2v) is 7.19. The molecule has 136 valence electrons. The van der Waals surface area contributed by atoms with Crippen LogP contribution < -0.4 is 0 Å². The van der Waals surface area contributed by atoms with Crippen molar-refractivity contribution in [2.45, 2.75) is 6.42 Å². The molecule has 1 heteroatoms. The van der Waals surface area contributed by atoms with Gasteiger partial charge in [-0.25, -0.2) is 0 Å². The average Bonchev–Trinajstić information content (AvgIpc) is 2.77. The molecule has 4 rings (SSSR count). The molecule has 28 heavy (non-hydrogen) atoms. The lowest BCUT2D eigenvalue weighted by molar-refractivity contribution is 1.28. The van der Waals surface area contributed by atoms with E-state index in [1.807, 2.05) is 12.1 Å². The maximum atomic E-state index is 6.17. The Balaban J connectivity index is 1.97. The molecular formula is C27H21Cl. The number of benzene rings is 4. The van der Waals surface area contributed by atoms with Crippen LogP contribution in [-0.2, 0) is 6.42 Å². The fraction of sp³-hybridized carbons (Fsp3) is 0.0370. The lowest BCUT2D eigenvalue weighted by Gasteiger charge is -2.18. The van der Waals surface area contributed by atoms with E-state index in [0.29, 0.717) is 0 Å². The van der Waals surface area contributed by atoms with Crippen molar-refractivity contribution in [3.8, 4) is 0 Å². The maximum Gasteiger partial charge on any atom is 0.0406 e. The highest BCUT2D eigenvalue weighted by Gasteiger charge is 2.14. The predicted molar refractivity (Wildman–Crippen MR) is 120 cm³/mol. The highest BCUT2D eigenvalue weighted by molar-refractivity contribution is 6.30. The van der Waals surface area contributed by atoms with Gasteiger partial charge in [-0.1, -0.05) is 115 Å². The van der Waals surface area contributed by atoms with Crippen molar-refractivity contribution in [1.29, 1.82) is 0 Å². The van der Waals surface area contributed by atoms with E-state index in [4.69, 9.17) is 11.6 Å². The molecule has 0 radical (unpaired) electrons. The summed E-state index contributed by atoms with van der Waals surface area (Å²) in [7, 11) is 0. The molecule has 0 nitrogen and oxygen atoms in total. The van der Waals surface area contributed by atoms with E-state index in [1.54, 1.807) is 0 Å². The zero-order valence-corrected chi connectivity index (χ0v) is 16.3. The number of rotatable bonds is 5. The normalized spacial score (nSPS) is 11.8. The Morgan fingerprint density at radius 3 is 1.54 bits per heavy atom. The van der Waals surface area contributed by atoms with Crippen LogP contribution in [-0.4, -0.2) is 0 Å². The number of allylic oxidation sites excluding steroid dienone is 1. The first kappa shape index (κ1) is 18.3. The first-order valence-electron chi connectivity index (χ1n) is 9.45. The molecule has 0 saturated carbocycles. The van der Waals surface area contributed by atoms with Gasteiger partial charge < -0.3 is 0 Å². The summed E-state index contributed by atoms with van der Waals surface area (Å²) in [6, 6.07) is 40.0. The minimum atomic E-state index is 0.750. The van der Waals surface area contributed by atoms with Crippen molar-refractivity contribution >= 4 is 22.7 Å². The highest BCUT2D eigenvalue weighted by Crippen LogP contribution is 2.35. The van der Waals surface area contributed by atoms with Gasteiger partial charge in [-0.3, -0.25) is 0 Å². The van der Waals surface area contributed by atoms with Gasteiger partial charge in [-0.2, -0.15) is 0 Å². The van der Waals surface area contributed by atoms with E-state index < -0.39 is 0 Å². The lowest BCUT2D eigenvalue weighted by atomic mass is 9.86. The van der Waals surface area contributed by atoms with Crippen LogP contribution in [0.5, 0.6) is 0 Å². The molecule has 0 saturated heterocycles. The van der Waals surface area contributed by atoms with E-state index in [-0.39, 0.29) is 0 Å². The summed E-state index contributed by atoms with van der Waals surface area (Å²) in [6.45, 7) is 0. The van der Waals surface area contributed by atoms with Crippen molar-refractivity contribution in [1.82, 2.24) is 0 Å². The summed E-state index contributed by atoms with van der Waals surface area (Å²) in [5, 5.41) is 0.750. The zero-order chi connectivity index (χ0) is 19.2. The van der Waals surface area contributed by atoms with Crippen molar-refractivity contribution in [2.75, 3.05) is 0 Å². The van der Waals surface area contributed by atoms with Crippen molar-refractivity contribution < 1.29 is 0 Å². The van der Waals surface area contributed by atoms with Crippen LogP contribution in [0.3, 0.4) is 0 Å². The van der Waals surface area contributed by atoms with Gasteiger partial charge in [0.15, 0.2) is 0 Å². The van der Waals surface area contributed by atoms with Crippen LogP contribution in [0, 0.1) is 0 Å². The fourth-order valence-electron chi connectivity index (χ4n) is 3.51. The molecule has 0 fully saturated rings. The molecule has 0 atom stereocenters. The quantitative estimate of drug-likeness (QED) is 0.313. The summed E-state index contributed by atoms with van der Waals surface area (Å²) < 4.78 is 0. The van der Waals surface area contributed by atoms with Crippen LogP contribution >= 0.6 is 11.6 Å². The van der Waals surface area contributed by atoms with E-state index >= 15 is 0 Å². The first-order chi connectivity index (χ1) is 13.8. The third-order valence-electron chi connectivity index (χ3n) is 4.84. The molecule has 0 spiro atoms. The standard InChI is InChI=1S/C27H21Cl/c28-25-18-16-24(17-19-25)27(23-14-8-3-9-15-23)26(22-12-6-2-7-13-22)20-21-10-4-1-5-11-21/h1-19H,20H2. The van der Waals surface area contributed by atoms with Crippen LogP contribution in [0.25, 0.3) is 11.1 Å². The second kappa shape index (κ2) is 8.73. The number of hydrogen-bond acceptors (Lipinski definition) is 0. The molecule has 0 aliphatic rings. The summed E-state index contributed by atoms with van der Waals surface area (Å²) in [4.78, 5) is 0. The number of hydrogen-bond donors (Lipinski definition) is 0. The molecule has 4 aromatic rings. The summed E-state index contributed by atoms with van der Waals surface area (Å²) >= 11 is 6.17. The second-order valence-electron chi connectivity index (χ2n) is 6.75. The van der Waals surface area contributed by atoms with E-state index in [0.717, 1.165) is 11.4 Å². The van der Waals surface area contributed by atoms with Crippen LogP contribution in [0.2, 0.25) is 5.02 Å². The molecule has 0 aromatic heterocycles. The molecular weight excluding hydrogens is 360 g/mol. The Morgan fingerprint density at radius 1 is 0.500 bits per heavy atom. The molecule has 0 aliphatic heterocycles. The maximum absolute atomic E-state index is 6.17. The van der Waals surface area contributed by atoms with Gasteiger partial charge in [0.25, 0.3) is 0 Å². The Morgan fingerprint density at radius 2 is 0.964 bits per heavy atom. The van der Waals surface area contributed by atoms with Gasteiger partial charge in [0, 0.05) is 5.02 Å². The monoisotopic (exact) mass is 380 g/mol. The first-order valence-corrected chi connectivity index (χ1v) is 9.83. The van der Waals surface area contributed by atoms with Crippen LogP contribution in [0.15, 0.2) is 115 Å². The third kappa shape index (κ3) is 4.24. The Kier molecular flexibility index (Phi) is 5.70. The summed E-state index contributed by atoms with van der Waals surface area (Å²) in [6.07, 6.45) is 0.859.